The van der Waals surface area contributed by atoms with Crippen LogP contribution in [0.15, 0.2) is 18.2 Å². The molecule has 0 spiro atoms. The fraction of sp³-hybridized carbons (Fsp3) is 0.684. The predicted molar refractivity (Wildman–Crippen MR) is 86.7 cm³/mol. The first kappa shape index (κ1) is 15.4. The topological polar surface area (TPSA) is 9.23 Å². The molecule has 0 saturated heterocycles. The van der Waals surface area contributed by atoms with Crippen LogP contribution in [0, 0.1) is 5.92 Å². The van der Waals surface area contributed by atoms with Gasteiger partial charge in [0.25, 0.3) is 0 Å². The van der Waals surface area contributed by atoms with Gasteiger partial charge < -0.3 is 4.74 Å². The molecule has 1 saturated carbocycles. The summed E-state index contributed by atoms with van der Waals surface area (Å²) in [5.41, 5.74) is 2.66. The van der Waals surface area contributed by atoms with Gasteiger partial charge in [-0.25, -0.2) is 0 Å². The van der Waals surface area contributed by atoms with E-state index in [0.717, 1.165) is 11.7 Å². The van der Waals surface area contributed by atoms with Gasteiger partial charge in [0, 0.05) is 0 Å². The van der Waals surface area contributed by atoms with Crippen LogP contribution in [-0.4, -0.2) is 5.60 Å². The third-order valence-corrected chi connectivity index (χ3v) is 4.14. The van der Waals surface area contributed by atoms with Gasteiger partial charge in [0.15, 0.2) is 0 Å². The molecule has 1 fully saturated rings. The van der Waals surface area contributed by atoms with Crippen LogP contribution < -0.4 is 4.74 Å². The van der Waals surface area contributed by atoms with Crippen molar-refractivity contribution < 1.29 is 4.74 Å². The molecule has 1 unspecified atom stereocenters. The van der Waals surface area contributed by atoms with Crippen molar-refractivity contribution in [3.63, 3.8) is 0 Å². The summed E-state index contributed by atoms with van der Waals surface area (Å²) in [5.74, 6) is 3.22. The highest BCUT2D eigenvalue weighted by Gasteiger charge is 2.34. The highest BCUT2D eigenvalue weighted by atomic mass is 16.5. The number of hydrogen-bond donors (Lipinski definition) is 0. The summed E-state index contributed by atoms with van der Waals surface area (Å²) < 4.78 is 6.39. The largest absolute Gasteiger partial charge is 0.488 e. The van der Waals surface area contributed by atoms with Crippen LogP contribution in [0.5, 0.6) is 5.75 Å². The van der Waals surface area contributed by atoms with Crippen LogP contribution in [0.2, 0.25) is 0 Å². The Kier molecular flexibility index (Phi) is 4.46. The van der Waals surface area contributed by atoms with Gasteiger partial charge in [0.1, 0.15) is 11.4 Å². The Labute approximate surface area is 124 Å². The summed E-state index contributed by atoms with van der Waals surface area (Å²) in [7, 11) is 0. The minimum Gasteiger partial charge on any atom is -0.488 e. The molecular formula is C19H30O. The Morgan fingerprint density at radius 1 is 1.15 bits per heavy atom. The van der Waals surface area contributed by atoms with E-state index in [1.54, 1.807) is 0 Å². The van der Waals surface area contributed by atoms with Crippen molar-refractivity contribution in [3.8, 4) is 5.75 Å². The van der Waals surface area contributed by atoms with E-state index in [9.17, 15) is 0 Å². The Balaban J connectivity index is 2.46. The normalized spacial score (nSPS) is 17.4. The van der Waals surface area contributed by atoms with Crippen molar-refractivity contribution in [1.29, 1.82) is 0 Å². The summed E-state index contributed by atoms with van der Waals surface area (Å²) in [6.07, 6.45) is 3.99. The van der Waals surface area contributed by atoms with Crippen molar-refractivity contribution in [2.24, 2.45) is 5.92 Å². The molecule has 112 valence electrons. The Morgan fingerprint density at radius 2 is 1.75 bits per heavy atom. The van der Waals surface area contributed by atoms with Gasteiger partial charge >= 0.3 is 0 Å². The average molecular weight is 274 g/mol. The fourth-order valence-electron chi connectivity index (χ4n) is 3.05. The third-order valence-electron chi connectivity index (χ3n) is 4.14. The molecule has 0 aromatic heterocycles. The van der Waals surface area contributed by atoms with Crippen LogP contribution in [-0.2, 0) is 0 Å². The maximum atomic E-state index is 6.39. The first-order valence-electron chi connectivity index (χ1n) is 8.15. The highest BCUT2D eigenvalue weighted by molar-refractivity contribution is 5.46. The summed E-state index contributed by atoms with van der Waals surface area (Å²) >= 11 is 0. The zero-order valence-electron chi connectivity index (χ0n) is 14.0. The van der Waals surface area contributed by atoms with Crippen molar-refractivity contribution in [2.75, 3.05) is 0 Å². The molecule has 1 aliphatic carbocycles. The van der Waals surface area contributed by atoms with Gasteiger partial charge in [-0.2, -0.15) is 0 Å². The van der Waals surface area contributed by atoms with Crippen LogP contribution in [0.4, 0.5) is 0 Å². The minimum atomic E-state index is -0.137. The van der Waals surface area contributed by atoms with Gasteiger partial charge in [0.05, 0.1) is 0 Å². The molecule has 1 aliphatic rings. The van der Waals surface area contributed by atoms with Gasteiger partial charge in [-0.3, -0.25) is 0 Å². The molecule has 1 aromatic carbocycles. The molecule has 0 aliphatic heterocycles. The van der Waals surface area contributed by atoms with E-state index in [4.69, 9.17) is 4.74 Å². The average Bonchev–Trinajstić information content (AvgIpc) is 3.14. The van der Waals surface area contributed by atoms with Crippen LogP contribution in [0.25, 0.3) is 0 Å². The fourth-order valence-corrected chi connectivity index (χ4v) is 3.05. The monoisotopic (exact) mass is 274 g/mol. The van der Waals surface area contributed by atoms with E-state index < -0.39 is 0 Å². The second-order valence-corrected chi connectivity index (χ2v) is 7.49. The smallest absolute Gasteiger partial charge is 0.127 e. The lowest BCUT2D eigenvalue weighted by Gasteiger charge is -2.29. The second-order valence-electron chi connectivity index (χ2n) is 7.49. The number of para-hydroxylation sites is 1. The van der Waals surface area contributed by atoms with Crippen molar-refractivity contribution in [1.82, 2.24) is 0 Å². The summed E-state index contributed by atoms with van der Waals surface area (Å²) in [4.78, 5) is 0. The van der Waals surface area contributed by atoms with E-state index in [1.165, 1.54) is 30.4 Å². The molecule has 1 aromatic rings. The van der Waals surface area contributed by atoms with E-state index in [2.05, 4.69) is 59.7 Å². The zero-order valence-corrected chi connectivity index (χ0v) is 14.0. The van der Waals surface area contributed by atoms with E-state index in [-0.39, 0.29) is 5.60 Å². The summed E-state index contributed by atoms with van der Waals surface area (Å²) in [6, 6.07) is 6.74. The molecule has 1 atom stereocenters. The highest BCUT2D eigenvalue weighted by Crippen LogP contribution is 2.48. The number of ether oxygens (including phenoxy) is 1. The Bertz CT molecular complexity index is 449. The summed E-state index contributed by atoms with van der Waals surface area (Å²) in [5, 5.41) is 0. The van der Waals surface area contributed by atoms with Crippen molar-refractivity contribution >= 4 is 0 Å². The van der Waals surface area contributed by atoms with Gasteiger partial charge in [-0.05, 0) is 68.9 Å². The molecule has 0 N–H and O–H groups in total. The SMILES string of the molecule is CCC(c1cccc(C(C)C)c1OC(C)(C)C)C1CC1. The maximum Gasteiger partial charge on any atom is 0.127 e. The van der Waals surface area contributed by atoms with Crippen molar-refractivity contribution in [2.45, 2.75) is 78.2 Å². The predicted octanol–water partition coefficient (Wildman–Crippen LogP) is 5.89. The lowest BCUT2D eigenvalue weighted by atomic mass is 9.87. The second kappa shape index (κ2) is 5.79. The first-order chi connectivity index (χ1) is 9.33. The van der Waals surface area contributed by atoms with E-state index in [1.807, 2.05) is 0 Å². The van der Waals surface area contributed by atoms with Gasteiger partial charge in [0.2, 0.25) is 0 Å². The standard InChI is InChI=1S/C19H30O/c1-7-15(14-11-12-14)17-10-8-9-16(13(2)3)18(17)20-19(4,5)6/h8-10,13-15H,7,11-12H2,1-6H3. The number of hydrogen-bond acceptors (Lipinski definition) is 1. The number of benzene rings is 1. The quantitative estimate of drug-likeness (QED) is 0.650. The minimum absolute atomic E-state index is 0.137. The van der Waals surface area contributed by atoms with E-state index >= 15 is 0 Å². The van der Waals surface area contributed by atoms with Crippen molar-refractivity contribution in [3.05, 3.63) is 29.3 Å². The van der Waals surface area contributed by atoms with Crippen LogP contribution in [0.1, 0.15) is 83.8 Å². The molecule has 2 rings (SSSR count). The first-order valence-corrected chi connectivity index (χ1v) is 8.15. The van der Waals surface area contributed by atoms with Gasteiger partial charge in [-0.1, -0.05) is 39.0 Å². The van der Waals surface area contributed by atoms with Crippen LogP contribution >= 0.6 is 0 Å². The van der Waals surface area contributed by atoms with Gasteiger partial charge in [-0.15, -0.1) is 0 Å². The lowest BCUT2D eigenvalue weighted by Crippen LogP contribution is -2.25. The summed E-state index contributed by atoms with van der Waals surface area (Å²) in [6.45, 7) is 13.3. The Hall–Kier alpha value is -0.980. The molecule has 0 amide bonds. The third kappa shape index (κ3) is 3.56. The maximum absolute atomic E-state index is 6.39. The lowest BCUT2D eigenvalue weighted by molar-refractivity contribution is 0.126. The van der Waals surface area contributed by atoms with Crippen LogP contribution in [0.3, 0.4) is 0 Å². The number of rotatable bonds is 5. The van der Waals surface area contributed by atoms with E-state index in [0.29, 0.717) is 11.8 Å². The molecular weight excluding hydrogens is 244 g/mol. The molecule has 0 radical (unpaired) electrons. The Morgan fingerprint density at radius 3 is 2.20 bits per heavy atom. The molecule has 0 bridgehead atoms. The molecule has 1 heteroatoms. The zero-order chi connectivity index (χ0) is 14.9. The molecule has 1 nitrogen and oxygen atoms in total. The molecule has 0 heterocycles. The molecule has 20 heavy (non-hydrogen) atoms.